The quantitative estimate of drug-likeness (QED) is 0.592. The van der Waals surface area contributed by atoms with Crippen LogP contribution in [0.15, 0.2) is 53.4 Å². The Morgan fingerprint density at radius 3 is 2.38 bits per heavy atom. The van der Waals surface area contributed by atoms with Gasteiger partial charge in [-0.25, -0.2) is 0 Å². The van der Waals surface area contributed by atoms with E-state index in [1.807, 2.05) is 36.4 Å². The van der Waals surface area contributed by atoms with Crippen LogP contribution in [-0.2, 0) is 20.7 Å². The van der Waals surface area contributed by atoms with Crippen molar-refractivity contribution in [2.45, 2.75) is 18.2 Å². The predicted octanol–water partition coefficient (Wildman–Crippen LogP) is 4.18. The molecule has 1 N–H and O–H groups in total. The van der Waals surface area contributed by atoms with Gasteiger partial charge in [-0.2, -0.15) is 0 Å². The number of nitrogens with one attached hydrogen (secondary N) is 1. The lowest BCUT2D eigenvalue weighted by Crippen LogP contribution is -2.14. The summed E-state index contributed by atoms with van der Waals surface area (Å²) in [4.78, 5) is 24.3. The van der Waals surface area contributed by atoms with E-state index in [2.05, 4.69) is 5.32 Å². The average Bonchev–Trinajstić information content (AvgIpc) is 2.56. The molecule has 0 aliphatic carbocycles. The number of hydrogen-bond donors (Lipinski definition) is 1. The molecule has 2 rings (SSSR count). The molecule has 0 saturated carbocycles. The Bertz CT molecular complexity index is 686. The van der Waals surface area contributed by atoms with Crippen molar-refractivity contribution < 1.29 is 14.3 Å². The molecule has 0 aliphatic heterocycles. The summed E-state index contributed by atoms with van der Waals surface area (Å²) in [7, 11) is 0. The molecule has 1 amide bonds. The van der Waals surface area contributed by atoms with Crippen LogP contribution in [0.25, 0.3) is 0 Å². The third-order valence-electron chi connectivity index (χ3n) is 3.08. The van der Waals surface area contributed by atoms with Crippen LogP contribution in [0, 0.1) is 0 Å². The molecule has 0 saturated heterocycles. The Balaban J connectivity index is 1.83. The van der Waals surface area contributed by atoms with Gasteiger partial charge in [-0.1, -0.05) is 23.7 Å². The van der Waals surface area contributed by atoms with Crippen LogP contribution in [0.4, 0.5) is 5.69 Å². The fourth-order valence-electron chi connectivity index (χ4n) is 1.97. The van der Waals surface area contributed by atoms with E-state index in [4.69, 9.17) is 16.3 Å². The van der Waals surface area contributed by atoms with Crippen LogP contribution in [0.3, 0.4) is 0 Å². The van der Waals surface area contributed by atoms with E-state index in [1.54, 1.807) is 19.1 Å². The SMILES string of the molecule is CCOC(=O)CSc1ccc(NC(=O)Cc2ccc(Cl)cc2)cc1. The van der Waals surface area contributed by atoms with Crippen molar-refractivity contribution in [2.24, 2.45) is 0 Å². The fourth-order valence-corrected chi connectivity index (χ4v) is 2.79. The first kappa shape index (κ1) is 18.4. The second-order valence-electron chi connectivity index (χ2n) is 4.97. The highest BCUT2D eigenvalue weighted by Gasteiger charge is 2.06. The van der Waals surface area contributed by atoms with Gasteiger partial charge in [0.25, 0.3) is 0 Å². The van der Waals surface area contributed by atoms with E-state index < -0.39 is 0 Å². The van der Waals surface area contributed by atoms with Crippen LogP contribution >= 0.6 is 23.4 Å². The maximum Gasteiger partial charge on any atom is 0.316 e. The maximum atomic E-state index is 12.0. The molecule has 4 nitrogen and oxygen atoms in total. The topological polar surface area (TPSA) is 55.4 Å². The molecule has 6 heteroatoms. The van der Waals surface area contributed by atoms with E-state index in [1.165, 1.54) is 11.8 Å². The number of benzene rings is 2. The first-order chi connectivity index (χ1) is 11.6. The van der Waals surface area contributed by atoms with E-state index in [0.717, 1.165) is 16.1 Å². The minimum atomic E-state index is -0.233. The van der Waals surface area contributed by atoms with Crippen LogP contribution in [0.5, 0.6) is 0 Å². The molecule has 0 radical (unpaired) electrons. The smallest absolute Gasteiger partial charge is 0.316 e. The van der Waals surface area contributed by atoms with Crippen molar-refractivity contribution >= 4 is 40.9 Å². The number of halogens is 1. The molecule has 0 aliphatic rings. The summed E-state index contributed by atoms with van der Waals surface area (Å²) < 4.78 is 4.88. The summed E-state index contributed by atoms with van der Waals surface area (Å²) >= 11 is 7.22. The molecule has 0 aromatic heterocycles. The lowest BCUT2D eigenvalue weighted by atomic mass is 10.1. The van der Waals surface area contributed by atoms with Gasteiger partial charge in [-0.3, -0.25) is 9.59 Å². The highest BCUT2D eigenvalue weighted by Crippen LogP contribution is 2.20. The van der Waals surface area contributed by atoms with Crippen molar-refractivity contribution in [3.8, 4) is 0 Å². The number of ether oxygens (including phenoxy) is 1. The second kappa shape index (κ2) is 9.35. The van der Waals surface area contributed by atoms with Crippen molar-refractivity contribution in [1.29, 1.82) is 0 Å². The Kier molecular flexibility index (Phi) is 7.15. The molecule has 0 spiro atoms. The summed E-state index contributed by atoms with van der Waals surface area (Å²) in [6.45, 7) is 2.17. The molecule has 0 atom stereocenters. The third kappa shape index (κ3) is 6.26. The molecule has 2 aromatic carbocycles. The van der Waals surface area contributed by atoms with Gasteiger partial charge in [0, 0.05) is 15.6 Å². The number of rotatable bonds is 7. The average molecular weight is 364 g/mol. The summed E-state index contributed by atoms with van der Waals surface area (Å²) in [5.74, 6) is -0.0528. The predicted molar refractivity (Wildman–Crippen MR) is 97.6 cm³/mol. The first-order valence-electron chi connectivity index (χ1n) is 7.49. The normalized spacial score (nSPS) is 10.2. The zero-order valence-corrected chi connectivity index (χ0v) is 14.8. The third-order valence-corrected chi connectivity index (χ3v) is 4.32. The van der Waals surface area contributed by atoms with Crippen LogP contribution in [0.1, 0.15) is 12.5 Å². The summed E-state index contributed by atoms with van der Waals surface area (Å²) in [5, 5.41) is 3.49. The van der Waals surface area contributed by atoms with Crippen LogP contribution in [0.2, 0.25) is 5.02 Å². The van der Waals surface area contributed by atoms with Gasteiger partial charge in [-0.15, -0.1) is 11.8 Å². The van der Waals surface area contributed by atoms with E-state index in [9.17, 15) is 9.59 Å². The second-order valence-corrected chi connectivity index (χ2v) is 6.45. The summed E-state index contributed by atoms with van der Waals surface area (Å²) in [6.07, 6.45) is 0.288. The number of hydrogen-bond acceptors (Lipinski definition) is 4. The number of anilines is 1. The summed E-state index contributed by atoms with van der Waals surface area (Å²) in [5.41, 5.74) is 1.62. The van der Waals surface area contributed by atoms with Gasteiger partial charge < -0.3 is 10.1 Å². The fraction of sp³-hybridized carbons (Fsp3) is 0.222. The Labute approximate surface area is 150 Å². The molecular formula is C18H18ClNO3S. The number of amides is 1. The lowest BCUT2D eigenvalue weighted by Gasteiger charge is -2.07. The number of thioether (sulfide) groups is 1. The zero-order valence-electron chi connectivity index (χ0n) is 13.3. The van der Waals surface area contributed by atoms with Crippen molar-refractivity contribution in [3.05, 3.63) is 59.1 Å². The zero-order chi connectivity index (χ0) is 17.4. The van der Waals surface area contributed by atoms with E-state index in [-0.39, 0.29) is 24.1 Å². The van der Waals surface area contributed by atoms with E-state index in [0.29, 0.717) is 11.6 Å². The van der Waals surface area contributed by atoms with Crippen molar-refractivity contribution in [2.75, 3.05) is 17.7 Å². The molecular weight excluding hydrogens is 346 g/mol. The molecule has 2 aromatic rings. The number of esters is 1. The largest absolute Gasteiger partial charge is 0.465 e. The van der Waals surface area contributed by atoms with Crippen LogP contribution in [-0.4, -0.2) is 24.2 Å². The van der Waals surface area contributed by atoms with Gasteiger partial charge in [0.1, 0.15) is 0 Å². The Morgan fingerprint density at radius 1 is 1.08 bits per heavy atom. The minimum Gasteiger partial charge on any atom is -0.465 e. The lowest BCUT2D eigenvalue weighted by molar-refractivity contribution is -0.139. The summed E-state index contributed by atoms with van der Waals surface area (Å²) in [6, 6.07) is 14.5. The highest BCUT2D eigenvalue weighted by molar-refractivity contribution is 8.00. The highest BCUT2D eigenvalue weighted by atomic mass is 35.5. The molecule has 0 unspecified atom stereocenters. The van der Waals surface area contributed by atoms with Crippen molar-refractivity contribution in [1.82, 2.24) is 0 Å². The van der Waals surface area contributed by atoms with Gasteiger partial charge in [0.2, 0.25) is 5.91 Å². The van der Waals surface area contributed by atoms with Gasteiger partial charge in [0.05, 0.1) is 18.8 Å². The Hall–Kier alpha value is -1.98. The van der Waals surface area contributed by atoms with Gasteiger partial charge in [-0.05, 0) is 48.9 Å². The van der Waals surface area contributed by atoms with E-state index >= 15 is 0 Å². The van der Waals surface area contributed by atoms with Crippen LogP contribution < -0.4 is 5.32 Å². The first-order valence-corrected chi connectivity index (χ1v) is 8.86. The molecule has 126 valence electrons. The number of carbonyl (C=O) groups excluding carboxylic acids is 2. The minimum absolute atomic E-state index is 0.0933. The molecule has 0 bridgehead atoms. The van der Waals surface area contributed by atoms with Gasteiger partial charge in [0.15, 0.2) is 0 Å². The standard InChI is InChI=1S/C18H18ClNO3S/c1-2-23-18(22)12-24-16-9-7-15(8-10-16)20-17(21)11-13-3-5-14(19)6-4-13/h3-10H,2,11-12H2,1H3,(H,20,21). The molecule has 0 heterocycles. The maximum absolute atomic E-state index is 12.0. The number of carbonyl (C=O) groups is 2. The van der Waals surface area contributed by atoms with Crippen molar-refractivity contribution in [3.63, 3.8) is 0 Å². The molecule has 24 heavy (non-hydrogen) atoms. The Morgan fingerprint density at radius 2 is 1.75 bits per heavy atom. The monoisotopic (exact) mass is 363 g/mol. The van der Waals surface area contributed by atoms with Gasteiger partial charge >= 0.3 is 5.97 Å². The molecule has 0 fully saturated rings.